The number of aromatic nitrogens is 2. The minimum atomic E-state index is 0.545. The molecule has 0 fully saturated rings. The van der Waals surface area contributed by atoms with Crippen LogP contribution in [0.15, 0.2) is 12.3 Å². The molecule has 0 saturated carbocycles. The van der Waals surface area contributed by atoms with Gasteiger partial charge in [-0.2, -0.15) is 5.10 Å². The van der Waals surface area contributed by atoms with Crippen LogP contribution >= 0.6 is 22.6 Å². The molecule has 0 spiro atoms. The van der Waals surface area contributed by atoms with Crippen LogP contribution in [-0.2, 0) is 0 Å². The highest BCUT2D eigenvalue weighted by Gasteiger charge is 2.03. The number of rotatable bonds is 3. The molecule has 0 saturated heterocycles. The lowest BCUT2D eigenvalue weighted by atomic mass is 10.2. The lowest BCUT2D eigenvalue weighted by Gasteiger charge is -2.09. The molecule has 1 heterocycles. The van der Waals surface area contributed by atoms with Crippen LogP contribution in [0, 0.1) is 3.70 Å². The average Bonchev–Trinajstić information content (AvgIpc) is 2.36. The van der Waals surface area contributed by atoms with Crippen LogP contribution in [0.3, 0.4) is 0 Å². The molecular weight excluding hydrogens is 251 g/mol. The van der Waals surface area contributed by atoms with Gasteiger partial charge < -0.3 is 0 Å². The average molecular weight is 264 g/mol. The highest BCUT2D eigenvalue weighted by molar-refractivity contribution is 14.1. The molecule has 1 aromatic rings. The third-order valence-electron chi connectivity index (χ3n) is 1.73. The summed E-state index contributed by atoms with van der Waals surface area (Å²) in [5.41, 5.74) is 0. The Morgan fingerprint density at radius 3 is 2.91 bits per heavy atom. The molecule has 0 aliphatic carbocycles. The molecule has 1 atom stereocenters. The summed E-state index contributed by atoms with van der Waals surface area (Å²) in [4.78, 5) is 0. The van der Waals surface area contributed by atoms with Crippen LogP contribution in [0.4, 0.5) is 0 Å². The topological polar surface area (TPSA) is 17.8 Å². The first-order valence-corrected chi connectivity index (χ1v) is 5.02. The number of nitrogens with zero attached hydrogens (tertiary/aromatic N) is 2. The molecule has 0 amide bonds. The van der Waals surface area contributed by atoms with E-state index in [1.165, 1.54) is 12.8 Å². The minimum Gasteiger partial charge on any atom is -0.269 e. The molecule has 0 radical (unpaired) electrons. The van der Waals surface area contributed by atoms with Gasteiger partial charge in [0.25, 0.3) is 0 Å². The number of hydrogen-bond donors (Lipinski definition) is 0. The van der Waals surface area contributed by atoms with Crippen molar-refractivity contribution in [2.75, 3.05) is 0 Å². The predicted molar refractivity (Wildman–Crippen MR) is 54.6 cm³/mol. The predicted octanol–water partition coefficient (Wildman–Crippen LogP) is 2.85. The van der Waals surface area contributed by atoms with Crippen LogP contribution in [-0.4, -0.2) is 9.78 Å². The van der Waals surface area contributed by atoms with Crippen molar-refractivity contribution in [1.29, 1.82) is 0 Å². The Labute approximate surface area is 81.1 Å². The molecule has 0 bridgehead atoms. The van der Waals surface area contributed by atoms with Crippen molar-refractivity contribution < 1.29 is 0 Å². The third-order valence-corrected chi connectivity index (χ3v) is 2.31. The fraction of sp³-hybridized carbons (Fsp3) is 0.625. The molecule has 0 aromatic carbocycles. The maximum Gasteiger partial charge on any atom is 0.123 e. The normalized spacial score (nSPS) is 13.4. The van der Waals surface area contributed by atoms with Gasteiger partial charge in [0.1, 0.15) is 3.70 Å². The van der Waals surface area contributed by atoms with E-state index in [1.807, 2.05) is 16.9 Å². The fourth-order valence-electron chi connectivity index (χ4n) is 1.11. The Kier molecular flexibility index (Phi) is 3.36. The maximum atomic E-state index is 4.33. The van der Waals surface area contributed by atoms with Crippen LogP contribution in [0.25, 0.3) is 0 Å². The largest absolute Gasteiger partial charge is 0.269 e. The van der Waals surface area contributed by atoms with Gasteiger partial charge in [0.15, 0.2) is 0 Å². The zero-order valence-corrected chi connectivity index (χ0v) is 9.08. The summed E-state index contributed by atoms with van der Waals surface area (Å²) in [6.07, 6.45) is 4.47. The van der Waals surface area contributed by atoms with Gasteiger partial charge in [0.05, 0.1) is 0 Å². The maximum absolute atomic E-state index is 4.33. The van der Waals surface area contributed by atoms with Crippen molar-refractivity contribution in [1.82, 2.24) is 9.78 Å². The monoisotopic (exact) mass is 264 g/mol. The van der Waals surface area contributed by atoms with Gasteiger partial charge in [-0.3, -0.25) is 4.68 Å². The Hall–Kier alpha value is -0.0600. The second-order valence-corrected chi connectivity index (χ2v) is 3.86. The summed E-state index contributed by atoms with van der Waals surface area (Å²) >= 11 is 2.23. The molecule has 1 aromatic heterocycles. The second kappa shape index (κ2) is 4.09. The smallest absolute Gasteiger partial charge is 0.123 e. The highest BCUT2D eigenvalue weighted by Crippen LogP contribution is 2.12. The summed E-state index contributed by atoms with van der Waals surface area (Å²) in [6, 6.07) is 2.58. The molecule has 11 heavy (non-hydrogen) atoms. The quantitative estimate of drug-likeness (QED) is 0.767. The van der Waals surface area contributed by atoms with Crippen molar-refractivity contribution in [2.45, 2.75) is 32.7 Å². The summed E-state index contributed by atoms with van der Waals surface area (Å²) in [7, 11) is 0. The summed E-state index contributed by atoms with van der Waals surface area (Å²) < 4.78 is 3.11. The number of halogens is 1. The molecule has 2 nitrogen and oxygen atoms in total. The van der Waals surface area contributed by atoms with Gasteiger partial charge in [-0.05, 0) is 42.0 Å². The van der Waals surface area contributed by atoms with Gasteiger partial charge in [-0.15, -0.1) is 0 Å². The first-order valence-electron chi connectivity index (χ1n) is 3.94. The second-order valence-electron chi connectivity index (χ2n) is 2.76. The van der Waals surface area contributed by atoms with Crippen LogP contribution in [0.2, 0.25) is 0 Å². The van der Waals surface area contributed by atoms with Crippen molar-refractivity contribution >= 4 is 22.6 Å². The van der Waals surface area contributed by atoms with E-state index in [-0.39, 0.29) is 0 Å². The lowest BCUT2D eigenvalue weighted by molar-refractivity contribution is 0.453. The molecule has 1 rings (SSSR count). The minimum absolute atomic E-state index is 0.545. The molecule has 1 unspecified atom stereocenters. The molecular formula is C8H13IN2. The molecule has 0 N–H and O–H groups in total. The molecule has 62 valence electrons. The van der Waals surface area contributed by atoms with Crippen molar-refractivity contribution in [3.05, 3.63) is 16.0 Å². The van der Waals surface area contributed by atoms with Gasteiger partial charge in [-0.25, -0.2) is 0 Å². The molecule has 3 heteroatoms. The summed E-state index contributed by atoms with van der Waals surface area (Å²) in [5.74, 6) is 0. The van der Waals surface area contributed by atoms with E-state index in [0.717, 1.165) is 3.70 Å². The van der Waals surface area contributed by atoms with Crippen molar-refractivity contribution in [3.63, 3.8) is 0 Å². The summed E-state index contributed by atoms with van der Waals surface area (Å²) in [5, 5.41) is 4.33. The Morgan fingerprint density at radius 2 is 2.45 bits per heavy atom. The van der Waals surface area contributed by atoms with Gasteiger partial charge >= 0.3 is 0 Å². The van der Waals surface area contributed by atoms with E-state index < -0.39 is 0 Å². The molecule has 0 aliphatic heterocycles. The Morgan fingerprint density at radius 1 is 1.73 bits per heavy atom. The van der Waals surface area contributed by atoms with E-state index in [9.17, 15) is 0 Å². The standard InChI is InChI=1S/C8H13IN2/c1-3-4-7(2)11-6-5-8(9)10-11/h5-7H,3-4H2,1-2H3. The van der Waals surface area contributed by atoms with E-state index in [4.69, 9.17) is 0 Å². The van der Waals surface area contributed by atoms with E-state index in [2.05, 4.69) is 41.5 Å². The first-order chi connectivity index (χ1) is 5.24. The van der Waals surface area contributed by atoms with Crippen LogP contribution < -0.4 is 0 Å². The van der Waals surface area contributed by atoms with Crippen molar-refractivity contribution in [3.8, 4) is 0 Å². The fourth-order valence-corrected chi connectivity index (χ4v) is 1.52. The van der Waals surface area contributed by atoms with Gasteiger partial charge in [0.2, 0.25) is 0 Å². The van der Waals surface area contributed by atoms with Gasteiger partial charge in [-0.1, -0.05) is 13.3 Å². The van der Waals surface area contributed by atoms with E-state index >= 15 is 0 Å². The van der Waals surface area contributed by atoms with Crippen molar-refractivity contribution in [2.24, 2.45) is 0 Å². The third kappa shape index (κ3) is 2.47. The number of hydrogen-bond acceptors (Lipinski definition) is 1. The SMILES string of the molecule is CCCC(C)n1ccc(I)n1. The van der Waals surface area contributed by atoms with E-state index in [0.29, 0.717) is 6.04 Å². The Balaban J connectivity index is 2.60. The highest BCUT2D eigenvalue weighted by atomic mass is 127. The first kappa shape index (κ1) is 9.03. The molecule has 0 aliphatic rings. The zero-order valence-electron chi connectivity index (χ0n) is 6.92. The van der Waals surface area contributed by atoms with Gasteiger partial charge in [0, 0.05) is 12.2 Å². The lowest BCUT2D eigenvalue weighted by Crippen LogP contribution is -2.05. The van der Waals surface area contributed by atoms with E-state index in [1.54, 1.807) is 0 Å². The van der Waals surface area contributed by atoms with Crippen LogP contribution in [0.1, 0.15) is 32.7 Å². The zero-order chi connectivity index (χ0) is 8.27. The summed E-state index contributed by atoms with van der Waals surface area (Å²) in [6.45, 7) is 4.40. The van der Waals surface area contributed by atoms with Crippen LogP contribution in [0.5, 0.6) is 0 Å². The Bertz CT molecular complexity index is 220.